The van der Waals surface area contributed by atoms with Crippen molar-refractivity contribution in [1.82, 2.24) is 10.6 Å². The van der Waals surface area contributed by atoms with Gasteiger partial charge in [-0.1, -0.05) is 15.9 Å². The maximum atomic E-state index is 11.8. The van der Waals surface area contributed by atoms with Crippen molar-refractivity contribution in [3.05, 3.63) is 28.2 Å². The van der Waals surface area contributed by atoms with Gasteiger partial charge in [0.2, 0.25) is 0 Å². The molecule has 1 amide bonds. The van der Waals surface area contributed by atoms with Gasteiger partial charge in [0.15, 0.2) is 6.10 Å². The van der Waals surface area contributed by atoms with Crippen LogP contribution in [0.25, 0.3) is 0 Å². The van der Waals surface area contributed by atoms with Crippen LogP contribution >= 0.6 is 15.9 Å². The van der Waals surface area contributed by atoms with Crippen molar-refractivity contribution in [2.24, 2.45) is 0 Å². The Balaban J connectivity index is 2.09. The van der Waals surface area contributed by atoms with Crippen LogP contribution in [0.2, 0.25) is 0 Å². The van der Waals surface area contributed by atoms with Crippen molar-refractivity contribution in [2.45, 2.75) is 31.9 Å². The number of carbonyl (C=O) groups excluding carboxylic acids is 1. The van der Waals surface area contributed by atoms with E-state index in [0.717, 1.165) is 48.1 Å². The molecule has 1 fully saturated rings. The van der Waals surface area contributed by atoms with E-state index in [-0.39, 0.29) is 12.0 Å². The molecule has 2 rings (SSSR count). The molecule has 0 aliphatic carbocycles. The fourth-order valence-electron chi connectivity index (χ4n) is 2.14. The summed E-state index contributed by atoms with van der Waals surface area (Å²) in [5, 5.41) is 5.99. The number of carbonyl (C=O) groups is 1. The predicted octanol–water partition coefficient (Wildman–Crippen LogP) is 2.22. The predicted molar refractivity (Wildman–Crippen MR) is 78.2 cm³/mol. The lowest BCUT2D eigenvalue weighted by atomic mass is 10.1. The van der Waals surface area contributed by atoms with Crippen LogP contribution in [0.1, 0.15) is 24.8 Å². The second-order valence-corrected chi connectivity index (χ2v) is 5.53. The molecule has 104 valence electrons. The number of nitrogens with one attached hydrogen (secondary N) is 2. The Kier molecular flexibility index (Phi) is 5.22. The zero-order valence-corrected chi connectivity index (χ0v) is 12.6. The summed E-state index contributed by atoms with van der Waals surface area (Å²) >= 11 is 3.51. The van der Waals surface area contributed by atoms with Gasteiger partial charge in [0.25, 0.3) is 5.91 Å². The molecule has 4 nitrogen and oxygen atoms in total. The Morgan fingerprint density at radius 1 is 1.47 bits per heavy atom. The van der Waals surface area contributed by atoms with Crippen molar-refractivity contribution in [3.63, 3.8) is 0 Å². The first-order valence-corrected chi connectivity index (χ1v) is 7.37. The first-order valence-electron chi connectivity index (χ1n) is 6.58. The third-order valence-corrected chi connectivity index (χ3v) is 3.92. The summed E-state index contributed by atoms with van der Waals surface area (Å²) in [6.07, 6.45) is 2.45. The van der Waals surface area contributed by atoms with Crippen molar-refractivity contribution in [1.29, 1.82) is 0 Å². The highest BCUT2D eigenvalue weighted by Crippen LogP contribution is 2.24. The third-order valence-electron chi connectivity index (χ3n) is 3.15. The molecule has 1 atom stereocenters. The third kappa shape index (κ3) is 3.94. The number of ether oxygens (including phenoxy) is 1. The molecule has 1 heterocycles. The van der Waals surface area contributed by atoms with Crippen molar-refractivity contribution < 1.29 is 9.53 Å². The van der Waals surface area contributed by atoms with Gasteiger partial charge in [-0.05, 0) is 50.1 Å². The number of amides is 1. The molecule has 1 saturated heterocycles. The van der Waals surface area contributed by atoms with E-state index >= 15 is 0 Å². The zero-order chi connectivity index (χ0) is 13.7. The summed E-state index contributed by atoms with van der Waals surface area (Å²) < 4.78 is 6.87. The van der Waals surface area contributed by atoms with Crippen molar-refractivity contribution >= 4 is 21.8 Å². The van der Waals surface area contributed by atoms with E-state index in [9.17, 15) is 4.79 Å². The van der Waals surface area contributed by atoms with Crippen LogP contribution < -0.4 is 15.4 Å². The standard InChI is InChI=1S/C14H19BrN2O2/c1-16-9-10-8-11(5-6-12(10)15)19-13-4-2-3-7-17-14(13)18/h5-6,8,13,16H,2-4,7,9H2,1H3,(H,17,18). The smallest absolute Gasteiger partial charge is 0.261 e. The summed E-state index contributed by atoms with van der Waals surface area (Å²) in [5.74, 6) is 0.742. The molecule has 19 heavy (non-hydrogen) atoms. The van der Waals surface area contributed by atoms with E-state index in [1.54, 1.807) is 0 Å². The lowest BCUT2D eigenvalue weighted by Gasteiger charge is -2.17. The quantitative estimate of drug-likeness (QED) is 0.892. The molecule has 0 saturated carbocycles. The molecule has 1 aliphatic rings. The molecular weight excluding hydrogens is 308 g/mol. The van der Waals surface area contributed by atoms with Gasteiger partial charge < -0.3 is 15.4 Å². The minimum absolute atomic E-state index is 0.00409. The largest absolute Gasteiger partial charge is 0.481 e. The van der Waals surface area contributed by atoms with Gasteiger partial charge in [0.05, 0.1) is 0 Å². The van der Waals surface area contributed by atoms with Crippen LogP contribution in [-0.2, 0) is 11.3 Å². The molecule has 5 heteroatoms. The lowest BCUT2D eigenvalue weighted by Crippen LogP contribution is -2.36. The monoisotopic (exact) mass is 326 g/mol. The fourth-order valence-corrected chi connectivity index (χ4v) is 2.53. The molecule has 2 N–H and O–H groups in total. The maximum Gasteiger partial charge on any atom is 0.261 e. The Morgan fingerprint density at radius 3 is 3.11 bits per heavy atom. The SMILES string of the molecule is CNCc1cc(OC2CCCCNC2=O)ccc1Br. The van der Waals surface area contributed by atoms with E-state index in [4.69, 9.17) is 4.74 Å². The number of rotatable bonds is 4. The highest BCUT2D eigenvalue weighted by molar-refractivity contribution is 9.10. The highest BCUT2D eigenvalue weighted by atomic mass is 79.9. The van der Waals surface area contributed by atoms with Crippen LogP contribution in [0.5, 0.6) is 5.75 Å². The van der Waals surface area contributed by atoms with Crippen LogP contribution in [0.15, 0.2) is 22.7 Å². The fraction of sp³-hybridized carbons (Fsp3) is 0.500. The number of benzene rings is 1. The van der Waals surface area contributed by atoms with E-state index < -0.39 is 0 Å². The van der Waals surface area contributed by atoms with Gasteiger partial charge >= 0.3 is 0 Å². The zero-order valence-electron chi connectivity index (χ0n) is 11.0. The molecule has 1 aliphatic heterocycles. The topological polar surface area (TPSA) is 50.4 Å². The minimum atomic E-state index is -0.369. The average Bonchev–Trinajstić information content (AvgIpc) is 2.59. The number of halogens is 1. The normalized spacial score (nSPS) is 19.7. The van der Waals surface area contributed by atoms with E-state index in [1.807, 2.05) is 25.2 Å². The summed E-state index contributed by atoms with van der Waals surface area (Å²) in [7, 11) is 1.90. The average molecular weight is 327 g/mol. The summed E-state index contributed by atoms with van der Waals surface area (Å²) in [4.78, 5) is 11.8. The van der Waals surface area contributed by atoms with Gasteiger partial charge in [-0.15, -0.1) is 0 Å². The summed E-state index contributed by atoms with van der Waals surface area (Å²) in [6.45, 7) is 1.51. The molecule has 1 aromatic carbocycles. The Bertz CT molecular complexity index is 451. The molecular formula is C14H19BrN2O2. The lowest BCUT2D eigenvalue weighted by molar-refractivity contribution is -0.127. The molecule has 0 aromatic heterocycles. The van der Waals surface area contributed by atoms with Crippen LogP contribution in [0.4, 0.5) is 0 Å². The minimum Gasteiger partial charge on any atom is -0.481 e. The molecule has 0 spiro atoms. The molecule has 0 bridgehead atoms. The number of hydrogen-bond acceptors (Lipinski definition) is 3. The highest BCUT2D eigenvalue weighted by Gasteiger charge is 2.22. The van der Waals surface area contributed by atoms with Crippen molar-refractivity contribution in [2.75, 3.05) is 13.6 Å². The Hall–Kier alpha value is -1.07. The van der Waals surface area contributed by atoms with Gasteiger partial charge in [-0.3, -0.25) is 4.79 Å². The Morgan fingerprint density at radius 2 is 2.32 bits per heavy atom. The summed E-state index contributed by atoms with van der Waals surface area (Å²) in [6, 6.07) is 5.82. The first kappa shape index (κ1) is 14.3. The van der Waals surface area contributed by atoms with Gasteiger partial charge in [0.1, 0.15) is 5.75 Å². The first-order chi connectivity index (χ1) is 9.20. The second kappa shape index (κ2) is 6.91. The second-order valence-electron chi connectivity index (χ2n) is 4.68. The molecule has 1 unspecified atom stereocenters. The van der Waals surface area contributed by atoms with Crippen LogP contribution in [0.3, 0.4) is 0 Å². The summed E-state index contributed by atoms with van der Waals surface area (Å²) in [5.41, 5.74) is 1.12. The van der Waals surface area contributed by atoms with Gasteiger partial charge in [-0.2, -0.15) is 0 Å². The van der Waals surface area contributed by atoms with Gasteiger partial charge in [-0.25, -0.2) is 0 Å². The van der Waals surface area contributed by atoms with Crippen molar-refractivity contribution in [3.8, 4) is 5.75 Å². The maximum absolute atomic E-state index is 11.8. The van der Waals surface area contributed by atoms with Crippen LogP contribution in [-0.4, -0.2) is 25.6 Å². The van der Waals surface area contributed by atoms with E-state index in [0.29, 0.717) is 0 Å². The van der Waals surface area contributed by atoms with E-state index in [1.165, 1.54) is 0 Å². The number of hydrogen-bond donors (Lipinski definition) is 2. The molecule has 1 aromatic rings. The molecule has 0 radical (unpaired) electrons. The van der Waals surface area contributed by atoms with E-state index in [2.05, 4.69) is 26.6 Å². The van der Waals surface area contributed by atoms with Crippen LogP contribution in [0, 0.1) is 0 Å². The Labute approximate surface area is 122 Å². The van der Waals surface area contributed by atoms with Gasteiger partial charge in [0, 0.05) is 17.6 Å².